The molecule has 100 valence electrons. The van der Waals surface area contributed by atoms with Crippen LogP contribution in [0.25, 0.3) is 0 Å². The molecular formula is C14H29N3. The second kappa shape index (κ2) is 6.17. The monoisotopic (exact) mass is 239 g/mol. The molecule has 0 spiro atoms. The number of rotatable bonds is 3. The first-order chi connectivity index (χ1) is 8.15. The van der Waals surface area contributed by atoms with Gasteiger partial charge >= 0.3 is 0 Å². The van der Waals surface area contributed by atoms with Crippen LogP contribution in [-0.2, 0) is 0 Å². The molecule has 0 unspecified atom stereocenters. The van der Waals surface area contributed by atoms with Crippen molar-refractivity contribution in [3.63, 3.8) is 0 Å². The fourth-order valence-corrected chi connectivity index (χ4v) is 3.27. The van der Waals surface area contributed by atoms with Crippen LogP contribution in [0.15, 0.2) is 0 Å². The van der Waals surface area contributed by atoms with Gasteiger partial charge in [0.25, 0.3) is 0 Å². The Balaban J connectivity index is 1.71. The third kappa shape index (κ3) is 3.94. The van der Waals surface area contributed by atoms with Gasteiger partial charge in [-0.25, -0.2) is 0 Å². The fraction of sp³-hybridized carbons (Fsp3) is 1.00. The SMILES string of the molecule is CC(C)NC1CCC(N2CCN(C)CC2)CC1. The largest absolute Gasteiger partial charge is 0.312 e. The number of nitrogens with one attached hydrogen (secondary N) is 1. The van der Waals surface area contributed by atoms with Crippen molar-refractivity contribution in [3.05, 3.63) is 0 Å². The first-order valence-corrected chi connectivity index (χ1v) is 7.34. The van der Waals surface area contributed by atoms with Crippen LogP contribution in [0.2, 0.25) is 0 Å². The maximum Gasteiger partial charge on any atom is 0.0113 e. The van der Waals surface area contributed by atoms with Crippen LogP contribution in [0.3, 0.4) is 0 Å². The van der Waals surface area contributed by atoms with Crippen molar-refractivity contribution in [2.75, 3.05) is 33.2 Å². The molecule has 1 saturated carbocycles. The topological polar surface area (TPSA) is 18.5 Å². The number of hydrogen-bond donors (Lipinski definition) is 1. The lowest BCUT2D eigenvalue weighted by molar-refractivity contribution is 0.0846. The van der Waals surface area contributed by atoms with Crippen molar-refractivity contribution in [3.8, 4) is 0 Å². The smallest absolute Gasteiger partial charge is 0.0113 e. The molecule has 3 heteroatoms. The summed E-state index contributed by atoms with van der Waals surface area (Å²) >= 11 is 0. The van der Waals surface area contributed by atoms with E-state index in [0.29, 0.717) is 6.04 Å². The van der Waals surface area contributed by atoms with Gasteiger partial charge in [-0.2, -0.15) is 0 Å². The highest BCUT2D eigenvalue weighted by Gasteiger charge is 2.27. The van der Waals surface area contributed by atoms with Gasteiger partial charge < -0.3 is 10.2 Å². The van der Waals surface area contributed by atoms with Gasteiger partial charge in [0.1, 0.15) is 0 Å². The van der Waals surface area contributed by atoms with Crippen molar-refractivity contribution < 1.29 is 0 Å². The minimum absolute atomic E-state index is 0.639. The minimum Gasteiger partial charge on any atom is -0.312 e. The van der Waals surface area contributed by atoms with E-state index in [1.165, 1.54) is 51.9 Å². The van der Waals surface area contributed by atoms with Gasteiger partial charge in [0.05, 0.1) is 0 Å². The predicted molar refractivity (Wildman–Crippen MR) is 73.4 cm³/mol. The van der Waals surface area contributed by atoms with E-state index in [0.717, 1.165) is 12.1 Å². The zero-order chi connectivity index (χ0) is 12.3. The van der Waals surface area contributed by atoms with Crippen LogP contribution in [0, 0.1) is 0 Å². The Morgan fingerprint density at radius 1 is 0.941 bits per heavy atom. The first-order valence-electron chi connectivity index (χ1n) is 7.34. The van der Waals surface area contributed by atoms with Crippen LogP contribution >= 0.6 is 0 Å². The number of nitrogens with zero attached hydrogens (tertiary/aromatic N) is 2. The van der Waals surface area contributed by atoms with E-state index in [1.54, 1.807) is 0 Å². The second-order valence-electron chi connectivity index (χ2n) is 6.17. The maximum absolute atomic E-state index is 3.69. The number of piperazine rings is 1. The Hall–Kier alpha value is -0.120. The molecule has 2 aliphatic rings. The second-order valence-corrected chi connectivity index (χ2v) is 6.17. The molecule has 0 atom stereocenters. The van der Waals surface area contributed by atoms with Gasteiger partial charge in [0.15, 0.2) is 0 Å². The normalized spacial score (nSPS) is 33.2. The van der Waals surface area contributed by atoms with Crippen molar-refractivity contribution >= 4 is 0 Å². The van der Waals surface area contributed by atoms with Gasteiger partial charge in [-0.05, 0) is 32.7 Å². The third-order valence-electron chi connectivity index (χ3n) is 4.32. The summed E-state index contributed by atoms with van der Waals surface area (Å²) in [6.07, 6.45) is 5.53. The molecule has 0 amide bonds. The lowest BCUT2D eigenvalue weighted by Crippen LogP contribution is -2.51. The highest BCUT2D eigenvalue weighted by molar-refractivity contribution is 4.85. The van der Waals surface area contributed by atoms with Crippen molar-refractivity contribution in [1.29, 1.82) is 0 Å². The summed E-state index contributed by atoms with van der Waals surface area (Å²) in [5.41, 5.74) is 0. The van der Waals surface area contributed by atoms with E-state index >= 15 is 0 Å². The molecule has 1 heterocycles. The van der Waals surface area contributed by atoms with E-state index in [2.05, 4.69) is 36.0 Å². The molecule has 0 aromatic heterocycles. The minimum atomic E-state index is 0.639. The van der Waals surface area contributed by atoms with Crippen LogP contribution in [-0.4, -0.2) is 61.2 Å². The fourth-order valence-electron chi connectivity index (χ4n) is 3.27. The van der Waals surface area contributed by atoms with Crippen molar-refractivity contribution in [1.82, 2.24) is 15.1 Å². The van der Waals surface area contributed by atoms with Crippen LogP contribution in [0.5, 0.6) is 0 Å². The summed E-state index contributed by atoms with van der Waals surface area (Å²) in [7, 11) is 2.24. The highest BCUT2D eigenvalue weighted by atomic mass is 15.3. The van der Waals surface area contributed by atoms with Gasteiger partial charge in [-0.15, -0.1) is 0 Å². The Morgan fingerprint density at radius 3 is 2.06 bits per heavy atom. The summed E-state index contributed by atoms with van der Waals surface area (Å²) in [5.74, 6) is 0. The summed E-state index contributed by atoms with van der Waals surface area (Å²) in [5, 5.41) is 3.69. The van der Waals surface area contributed by atoms with Crippen molar-refractivity contribution in [2.45, 2.75) is 57.7 Å². The molecule has 17 heavy (non-hydrogen) atoms. The molecule has 0 aromatic carbocycles. The first kappa shape index (κ1) is 13.3. The quantitative estimate of drug-likeness (QED) is 0.806. The average Bonchev–Trinajstić information content (AvgIpc) is 2.30. The van der Waals surface area contributed by atoms with Crippen molar-refractivity contribution in [2.24, 2.45) is 0 Å². The zero-order valence-corrected chi connectivity index (χ0v) is 11.8. The van der Waals surface area contributed by atoms with Crippen LogP contribution in [0.4, 0.5) is 0 Å². The molecule has 1 saturated heterocycles. The summed E-state index contributed by atoms with van der Waals surface area (Å²) < 4.78 is 0. The summed E-state index contributed by atoms with van der Waals surface area (Å²) in [4.78, 5) is 5.17. The molecular weight excluding hydrogens is 210 g/mol. The van der Waals surface area contributed by atoms with Crippen LogP contribution < -0.4 is 5.32 Å². The zero-order valence-electron chi connectivity index (χ0n) is 11.8. The molecule has 1 aliphatic heterocycles. The van der Waals surface area contributed by atoms with E-state index in [1.807, 2.05) is 0 Å². The predicted octanol–water partition coefficient (Wildman–Crippen LogP) is 1.54. The lowest BCUT2D eigenvalue weighted by Gasteiger charge is -2.41. The third-order valence-corrected chi connectivity index (χ3v) is 4.32. The van der Waals surface area contributed by atoms with Gasteiger partial charge in [-0.1, -0.05) is 13.8 Å². The lowest BCUT2D eigenvalue weighted by atomic mass is 9.89. The van der Waals surface area contributed by atoms with Gasteiger partial charge in [0, 0.05) is 44.3 Å². The standard InChI is InChI=1S/C14H29N3/c1-12(2)15-13-4-6-14(7-5-13)17-10-8-16(3)9-11-17/h12-15H,4-11H2,1-3H3. The molecule has 1 N–H and O–H groups in total. The maximum atomic E-state index is 3.69. The molecule has 2 rings (SSSR count). The molecule has 0 bridgehead atoms. The van der Waals surface area contributed by atoms with Crippen LogP contribution in [0.1, 0.15) is 39.5 Å². The van der Waals surface area contributed by atoms with E-state index in [9.17, 15) is 0 Å². The highest BCUT2D eigenvalue weighted by Crippen LogP contribution is 2.24. The Labute approximate surface area is 107 Å². The molecule has 0 radical (unpaired) electrons. The van der Waals surface area contributed by atoms with E-state index in [4.69, 9.17) is 0 Å². The van der Waals surface area contributed by atoms with Gasteiger partial charge in [0.2, 0.25) is 0 Å². The molecule has 0 aromatic rings. The number of likely N-dealkylation sites (N-methyl/N-ethyl adjacent to an activating group) is 1. The van der Waals surface area contributed by atoms with E-state index < -0.39 is 0 Å². The Kier molecular flexibility index (Phi) is 4.83. The molecule has 2 fully saturated rings. The van der Waals surface area contributed by atoms with E-state index in [-0.39, 0.29) is 0 Å². The summed E-state index contributed by atoms with van der Waals surface area (Å²) in [6, 6.07) is 2.29. The number of hydrogen-bond acceptors (Lipinski definition) is 3. The average molecular weight is 239 g/mol. The summed E-state index contributed by atoms with van der Waals surface area (Å²) in [6.45, 7) is 9.58. The molecule has 1 aliphatic carbocycles. The Bertz CT molecular complexity index is 214. The molecule has 3 nitrogen and oxygen atoms in total. The Morgan fingerprint density at radius 2 is 1.53 bits per heavy atom. The van der Waals surface area contributed by atoms with Gasteiger partial charge in [-0.3, -0.25) is 4.90 Å².